The quantitative estimate of drug-likeness (QED) is 0.461. The molecule has 0 saturated carbocycles. The van der Waals surface area contributed by atoms with Gasteiger partial charge < -0.3 is 0 Å². The van der Waals surface area contributed by atoms with E-state index in [0.29, 0.717) is 20.1 Å². The molecule has 2 aromatic carbocycles. The van der Waals surface area contributed by atoms with E-state index in [4.69, 9.17) is 34.8 Å². The van der Waals surface area contributed by atoms with E-state index in [1.54, 1.807) is 18.2 Å². The summed E-state index contributed by atoms with van der Waals surface area (Å²) >= 11 is 20.6. The smallest absolute Gasteiger partial charge is 0.170 e. The number of Topliss-reactive ketones (excluding diaryl/α,β-unsaturated/α-hetero) is 1. The fraction of sp³-hybridized carbons (Fsp3) is 0.0714. The highest BCUT2D eigenvalue weighted by atomic mass is 79.9. The largest absolute Gasteiger partial charge is 0.294 e. The van der Waals surface area contributed by atoms with Crippen molar-refractivity contribution in [3.8, 4) is 0 Å². The van der Waals surface area contributed by atoms with Gasteiger partial charge in [0.2, 0.25) is 0 Å². The van der Waals surface area contributed by atoms with Crippen LogP contribution in [0.3, 0.4) is 0 Å². The van der Waals surface area contributed by atoms with Gasteiger partial charge in [-0.3, -0.25) is 4.79 Å². The molecular formula is C14H7BrCl3FO. The van der Waals surface area contributed by atoms with Gasteiger partial charge in [-0.2, -0.15) is 0 Å². The highest BCUT2D eigenvalue weighted by molar-refractivity contribution is 9.10. The standard InChI is InChI=1S/C14H7BrCl3FO/c15-9-6-13(19)8(5-11(9)17)14(20)4-7-1-2-10(16)12(18)3-7/h1-3,5-6H,4H2. The van der Waals surface area contributed by atoms with Gasteiger partial charge in [-0.1, -0.05) is 40.9 Å². The number of benzene rings is 2. The molecule has 0 fully saturated rings. The minimum atomic E-state index is -0.619. The molecule has 20 heavy (non-hydrogen) atoms. The van der Waals surface area contributed by atoms with E-state index in [9.17, 15) is 9.18 Å². The first-order chi connectivity index (χ1) is 9.38. The molecule has 0 aliphatic carbocycles. The normalized spacial score (nSPS) is 10.7. The van der Waals surface area contributed by atoms with Gasteiger partial charge in [0.25, 0.3) is 0 Å². The van der Waals surface area contributed by atoms with Crippen LogP contribution in [-0.2, 0) is 6.42 Å². The van der Waals surface area contributed by atoms with Gasteiger partial charge in [0, 0.05) is 10.9 Å². The molecule has 0 aliphatic heterocycles. The number of halogens is 5. The summed E-state index contributed by atoms with van der Waals surface area (Å²) in [4.78, 5) is 12.1. The first-order valence-electron chi connectivity index (χ1n) is 5.50. The molecule has 0 radical (unpaired) electrons. The Morgan fingerprint density at radius 1 is 1.05 bits per heavy atom. The zero-order chi connectivity index (χ0) is 14.9. The Hall–Kier alpha value is -0.610. The van der Waals surface area contributed by atoms with Crippen LogP contribution in [0, 0.1) is 5.82 Å². The second-order valence-corrected chi connectivity index (χ2v) is 6.17. The van der Waals surface area contributed by atoms with Crippen molar-refractivity contribution in [3.05, 3.63) is 66.8 Å². The van der Waals surface area contributed by atoms with Gasteiger partial charge in [0.1, 0.15) is 5.82 Å². The third-order valence-corrected chi connectivity index (χ3v) is 4.60. The highest BCUT2D eigenvalue weighted by Crippen LogP contribution is 2.27. The Morgan fingerprint density at radius 3 is 2.40 bits per heavy atom. The van der Waals surface area contributed by atoms with E-state index in [0.717, 1.165) is 0 Å². The SMILES string of the molecule is O=C(Cc1ccc(Cl)c(Cl)c1)c1cc(Cl)c(Br)cc1F. The third-order valence-electron chi connectivity index (χ3n) is 2.66. The third kappa shape index (κ3) is 3.53. The molecular weight excluding hydrogens is 389 g/mol. The van der Waals surface area contributed by atoms with Crippen molar-refractivity contribution in [2.24, 2.45) is 0 Å². The first kappa shape index (κ1) is 15.8. The number of hydrogen-bond acceptors (Lipinski definition) is 1. The molecule has 0 unspecified atom stereocenters. The Labute approximate surface area is 138 Å². The lowest BCUT2D eigenvalue weighted by Crippen LogP contribution is -2.06. The van der Waals surface area contributed by atoms with Crippen molar-refractivity contribution in [3.63, 3.8) is 0 Å². The second kappa shape index (κ2) is 6.44. The molecule has 0 aromatic heterocycles. The van der Waals surface area contributed by atoms with Gasteiger partial charge in [-0.25, -0.2) is 4.39 Å². The molecule has 0 bridgehead atoms. The van der Waals surface area contributed by atoms with Crippen molar-refractivity contribution in [1.29, 1.82) is 0 Å². The highest BCUT2D eigenvalue weighted by Gasteiger charge is 2.15. The number of hydrogen-bond donors (Lipinski definition) is 0. The summed E-state index contributed by atoms with van der Waals surface area (Å²) in [6, 6.07) is 7.33. The summed E-state index contributed by atoms with van der Waals surface area (Å²) in [5, 5.41) is 1.04. The average Bonchev–Trinajstić information content (AvgIpc) is 2.38. The van der Waals surface area contributed by atoms with Crippen LogP contribution in [0.4, 0.5) is 4.39 Å². The minimum absolute atomic E-state index is 0.0196. The maximum Gasteiger partial charge on any atom is 0.170 e. The number of carbonyl (C=O) groups excluding carboxylic acids is 1. The van der Waals surface area contributed by atoms with E-state index in [1.807, 2.05) is 0 Å². The van der Waals surface area contributed by atoms with E-state index in [-0.39, 0.29) is 22.8 Å². The average molecular weight is 396 g/mol. The second-order valence-electron chi connectivity index (χ2n) is 4.09. The van der Waals surface area contributed by atoms with Crippen LogP contribution < -0.4 is 0 Å². The molecule has 0 N–H and O–H groups in total. The van der Waals surface area contributed by atoms with Crippen molar-refractivity contribution >= 4 is 56.5 Å². The van der Waals surface area contributed by atoms with Crippen LogP contribution in [0.15, 0.2) is 34.8 Å². The molecule has 0 aliphatic rings. The Balaban J connectivity index is 2.28. The predicted molar refractivity (Wildman–Crippen MR) is 83.6 cm³/mol. The van der Waals surface area contributed by atoms with Crippen LogP contribution >= 0.6 is 50.7 Å². The zero-order valence-electron chi connectivity index (χ0n) is 9.89. The van der Waals surface area contributed by atoms with E-state index >= 15 is 0 Å². The Kier molecular flexibility index (Phi) is 5.08. The Bertz CT molecular complexity index is 688. The molecule has 0 atom stereocenters. The zero-order valence-corrected chi connectivity index (χ0v) is 13.7. The summed E-state index contributed by atoms with van der Waals surface area (Å²) in [7, 11) is 0. The summed E-state index contributed by atoms with van der Waals surface area (Å²) in [5.41, 5.74) is 0.604. The molecule has 0 spiro atoms. The maximum absolute atomic E-state index is 13.8. The fourth-order valence-corrected chi connectivity index (χ4v) is 2.47. The van der Waals surface area contributed by atoms with Gasteiger partial charge in [0.15, 0.2) is 5.78 Å². The lowest BCUT2D eigenvalue weighted by atomic mass is 10.0. The van der Waals surface area contributed by atoms with Gasteiger partial charge >= 0.3 is 0 Å². The molecule has 0 amide bonds. The van der Waals surface area contributed by atoms with E-state index < -0.39 is 5.82 Å². The van der Waals surface area contributed by atoms with Crippen molar-refractivity contribution in [2.75, 3.05) is 0 Å². The van der Waals surface area contributed by atoms with E-state index in [1.165, 1.54) is 12.1 Å². The summed E-state index contributed by atoms with van der Waals surface area (Å²) in [6.07, 6.45) is 0.0196. The molecule has 6 heteroatoms. The first-order valence-corrected chi connectivity index (χ1v) is 7.43. The number of carbonyl (C=O) groups is 1. The van der Waals surface area contributed by atoms with Crippen molar-refractivity contribution in [2.45, 2.75) is 6.42 Å². The molecule has 0 saturated heterocycles. The number of rotatable bonds is 3. The summed E-state index contributed by atoms with van der Waals surface area (Å²) in [5.74, 6) is -0.998. The topological polar surface area (TPSA) is 17.1 Å². The monoisotopic (exact) mass is 394 g/mol. The van der Waals surface area contributed by atoms with Crippen LogP contribution in [0.5, 0.6) is 0 Å². The van der Waals surface area contributed by atoms with Crippen molar-refractivity contribution < 1.29 is 9.18 Å². The van der Waals surface area contributed by atoms with Crippen LogP contribution in [-0.4, -0.2) is 5.78 Å². The maximum atomic E-state index is 13.8. The number of ketones is 1. The molecule has 1 nitrogen and oxygen atoms in total. The molecule has 2 aromatic rings. The van der Waals surface area contributed by atoms with E-state index in [2.05, 4.69) is 15.9 Å². The lowest BCUT2D eigenvalue weighted by molar-refractivity contribution is 0.0989. The molecule has 104 valence electrons. The van der Waals surface area contributed by atoms with Crippen LogP contribution in [0.25, 0.3) is 0 Å². The van der Waals surface area contributed by atoms with Gasteiger partial charge in [-0.15, -0.1) is 0 Å². The molecule has 0 heterocycles. The predicted octanol–water partition coefficient (Wildman–Crippen LogP) is 5.97. The van der Waals surface area contributed by atoms with Gasteiger partial charge in [0.05, 0.1) is 20.6 Å². The minimum Gasteiger partial charge on any atom is -0.294 e. The lowest BCUT2D eigenvalue weighted by Gasteiger charge is -2.06. The molecule has 2 rings (SSSR count). The van der Waals surface area contributed by atoms with Crippen molar-refractivity contribution in [1.82, 2.24) is 0 Å². The van der Waals surface area contributed by atoms with Gasteiger partial charge in [-0.05, 0) is 45.8 Å². The fourth-order valence-electron chi connectivity index (χ4n) is 1.67. The van der Waals surface area contributed by atoms with Crippen LogP contribution in [0.1, 0.15) is 15.9 Å². The Morgan fingerprint density at radius 2 is 1.75 bits per heavy atom. The van der Waals surface area contributed by atoms with Crippen LogP contribution in [0.2, 0.25) is 15.1 Å². The summed E-state index contributed by atoms with van der Waals surface area (Å²) in [6.45, 7) is 0. The summed E-state index contributed by atoms with van der Waals surface area (Å²) < 4.78 is 14.2.